The van der Waals surface area contributed by atoms with Gasteiger partial charge in [-0.2, -0.15) is 13.2 Å². The van der Waals surface area contributed by atoms with Gasteiger partial charge in [0.25, 0.3) is 5.69 Å². The summed E-state index contributed by atoms with van der Waals surface area (Å²) in [6.45, 7) is -0.1000. The van der Waals surface area contributed by atoms with E-state index < -0.39 is 29.8 Å². The Bertz CT molecular complexity index is 549. The zero-order chi connectivity index (χ0) is 16.2. The number of nitrogens with zero attached hydrogens (tertiary/aromatic N) is 2. The van der Waals surface area contributed by atoms with Crippen LogP contribution in [0.4, 0.5) is 18.9 Å². The number of halogens is 4. The number of nitro groups is 1. The van der Waals surface area contributed by atoms with E-state index in [2.05, 4.69) is 0 Å². The monoisotopic (exact) mass is 324 g/mol. The summed E-state index contributed by atoms with van der Waals surface area (Å²) in [6.07, 6.45) is -6.29. The number of benzene rings is 1. The quantitative estimate of drug-likeness (QED) is 0.614. The van der Waals surface area contributed by atoms with E-state index in [4.69, 9.17) is 11.6 Å². The van der Waals surface area contributed by atoms with Gasteiger partial charge in [0.05, 0.1) is 11.3 Å². The highest BCUT2D eigenvalue weighted by Crippen LogP contribution is 2.24. The fourth-order valence-corrected chi connectivity index (χ4v) is 1.76. The SMILES string of the molecule is CN(Cc1cc([N+](=O)[O-])ccc1Cl)C(=O)CCC(F)(F)F. The third kappa shape index (κ3) is 5.58. The molecule has 0 saturated heterocycles. The molecule has 0 aliphatic rings. The minimum absolute atomic E-state index is 0.1000. The molecule has 5 nitrogen and oxygen atoms in total. The molecule has 0 saturated carbocycles. The van der Waals surface area contributed by atoms with Crippen molar-refractivity contribution in [2.75, 3.05) is 7.05 Å². The number of alkyl halides is 3. The number of non-ortho nitro benzene ring substituents is 1. The predicted molar refractivity (Wildman–Crippen MR) is 69.9 cm³/mol. The molecule has 0 fully saturated rings. The fourth-order valence-electron chi connectivity index (χ4n) is 1.58. The highest BCUT2D eigenvalue weighted by molar-refractivity contribution is 6.31. The fraction of sp³-hybridized carbons (Fsp3) is 0.417. The van der Waals surface area contributed by atoms with Gasteiger partial charge in [0.1, 0.15) is 0 Å². The van der Waals surface area contributed by atoms with Crippen molar-refractivity contribution in [1.82, 2.24) is 4.90 Å². The molecule has 9 heteroatoms. The van der Waals surface area contributed by atoms with Crippen molar-refractivity contribution in [1.29, 1.82) is 0 Å². The Kier molecular flexibility index (Phi) is 5.54. The van der Waals surface area contributed by atoms with Crippen molar-refractivity contribution in [3.8, 4) is 0 Å². The second kappa shape index (κ2) is 6.75. The molecule has 0 unspecified atom stereocenters. The largest absolute Gasteiger partial charge is 0.389 e. The van der Waals surface area contributed by atoms with Crippen LogP contribution >= 0.6 is 11.6 Å². The molecule has 0 heterocycles. The molecule has 0 spiro atoms. The number of hydrogen-bond acceptors (Lipinski definition) is 3. The number of hydrogen-bond donors (Lipinski definition) is 0. The third-order valence-electron chi connectivity index (χ3n) is 2.70. The number of nitro benzene ring substituents is 1. The van der Waals surface area contributed by atoms with Crippen LogP contribution in [0.25, 0.3) is 0 Å². The Morgan fingerprint density at radius 2 is 2.05 bits per heavy atom. The van der Waals surface area contributed by atoms with Gasteiger partial charge in [-0.15, -0.1) is 0 Å². The molecule has 0 radical (unpaired) electrons. The summed E-state index contributed by atoms with van der Waals surface area (Å²) in [4.78, 5) is 22.7. The van der Waals surface area contributed by atoms with Gasteiger partial charge in [-0.3, -0.25) is 14.9 Å². The van der Waals surface area contributed by atoms with Crippen LogP contribution in [0, 0.1) is 10.1 Å². The average Bonchev–Trinajstić information content (AvgIpc) is 2.37. The third-order valence-corrected chi connectivity index (χ3v) is 3.06. The number of carbonyl (C=O) groups excluding carboxylic acids is 1. The number of rotatable bonds is 5. The van der Waals surface area contributed by atoms with Crippen LogP contribution in [0.5, 0.6) is 0 Å². The van der Waals surface area contributed by atoms with E-state index in [9.17, 15) is 28.1 Å². The molecule has 0 N–H and O–H groups in total. The molecule has 1 aromatic carbocycles. The van der Waals surface area contributed by atoms with Crippen molar-refractivity contribution in [2.24, 2.45) is 0 Å². The van der Waals surface area contributed by atoms with Crippen molar-refractivity contribution >= 4 is 23.2 Å². The van der Waals surface area contributed by atoms with Gasteiger partial charge in [0.2, 0.25) is 5.91 Å². The lowest BCUT2D eigenvalue weighted by molar-refractivity contribution is -0.384. The van der Waals surface area contributed by atoms with Gasteiger partial charge in [-0.25, -0.2) is 0 Å². The summed E-state index contributed by atoms with van der Waals surface area (Å²) in [7, 11) is 1.31. The number of amides is 1. The maximum absolute atomic E-state index is 12.0. The van der Waals surface area contributed by atoms with Gasteiger partial charge >= 0.3 is 6.18 Å². The first-order valence-corrected chi connectivity index (χ1v) is 6.21. The maximum atomic E-state index is 12.0. The highest BCUT2D eigenvalue weighted by atomic mass is 35.5. The molecule has 0 aromatic heterocycles. The van der Waals surface area contributed by atoms with Gasteiger partial charge in [0.15, 0.2) is 0 Å². The van der Waals surface area contributed by atoms with Crippen LogP contribution in [-0.4, -0.2) is 29.0 Å². The molecule has 1 amide bonds. The summed E-state index contributed by atoms with van der Waals surface area (Å²) in [5, 5.41) is 10.9. The maximum Gasteiger partial charge on any atom is 0.389 e. The van der Waals surface area contributed by atoms with E-state index in [0.29, 0.717) is 5.56 Å². The van der Waals surface area contributed by atoms with E-state index >= 15 is 0 Å². The Labute approximate surface area is 123 Å². The minimum atomic E-state index is -4.40. The van der Waals surface area contributed by atoms with E-state index in [1.807, 2.05) is 0 Å². The molecule has 116 valence electrons. The average molecular weight is 325 g/mol. The van der Waals surface area contributed by atoms with Crippen molar-refractivity contribution in [3.63, 3.8) is 0 Å². The molecule has 21 heavy (non-hydrogen) atoms. The van der Waals surface area contributed by atoms with Crippen LogP contribution in [0.1, 0.15) is 18.4 Å². The van der Waals surface area contributed by atoms with Crippen LogP contribution < -0.4 is 0 Å². The van der Waals surface area contributed by atoms with Gasteiger partial charge in [0, 0.05) is 37.2 Å². The Morgan fingerprint density at radius 1 is 1.43 bits per heavy atom. The Balaban J connectivity index is 2.74. The van der Waals surface area contributed by atoms with E-state index in [-0.39, 0.29) is 17.3 Å². The smallest absolute Gasteiger partial charge is 0.341 e. The molecule has 0 bridgehead atoms. The normalized spacial score (nSPS) is 11.3. The molecular formula is C12H12ClF3N2O3. The van der Waals surface area contributed by atoms with E-state index in [1.54, 1.807) is 0 Å². The first-order chi connectivity index (χ1) is 9.60. The van der Waals surface area contributed by atoms with Gasteiger partial charge < -0.3 is 4.90 Å². The Morgan fingerprint density at radius 3 is 2.57 bits per heavy atom. The molecule has 0 aliphatic carbocycles. The first kappa shape index (κ1) is 17.2. The zero-order valence-corrected chi connectivity index (χ0v) is 11.7. The lowest BCUT2D eigenvalue weighted by Gasteiger charge is -2.18. The molecular weight excluding hydrogens is 313 g/mol. The molecule has 1 aromatic rings. The van der Waals surface area contributed by atoms with Crippen LogP contribution in [0.3, 0.4) is 0 Å². The zero-order valence-electron chi connectivity index (χ0n) is 11.0. The van der Waals surface area contributed by atoms with Crippen LogP contribution in [0.2, 0.25) is 5.02 Å². The summed E-state index contributed by atoms with van der Waals surface area (Å²) >= 11 is 5.86. The second-order valence-corrected chi connectivity index (χ2v) is 4.81. The second-order valence-electron chi connectivity index (χ2n) is 4.40. The van der Waals surface area contributed by atoms with Crippen molar-refractivity contribution in [3.05, 3.63) is 38.9 Å². The van der Waals surface area contributed by atoms with Gasteiger partial charge in [-0.1, -0.05) is 11.6 Å². The summed E-state index contributed by atoms with van der Waals surface area (Å²) in [5.41, 5.74) is 0.0965. The summed E-state index contributed by atoms with van der Waals surface area (Å²) in [6, 6.07) is 3.70. The standard InChI is InChI=1S/C12H12ClF3N2O3/c1-17(11(19)4-5-12(14,15)16)7-8-6-9(18(20)21)2-3-10(8)13/h2-3,6H,4-5,7H2,1H3. The van der Waals surface area contributed by atoms with Crippen LogP contribution in [0.15, 0.2) is 18.2 Å². The molecule has 0 aliphatic heterocycles. The lowest BCUT2D eigenvalue weighted by Crippen LogP contribution is -2.27. The highest BCUT2D eigenvalue weighted by Gasteiger charge is 2.28. The van der Waals surface area contributed by atoms with Crippen molar-refractivity contribution < 1.29 is 22.9 Å². The van der Waals surface area contributed by atoms with E-state index in [0.717, 1.165) is 4.90 Å². The lowest BCUT2D eigenvalue weighted by atomic mass is 10.2. The first-order valence-electron chi connectivity index (χ1n) is 5.83. The van der Waals surface area contributed by atoms with Crippen molar-refractivity contribution in [2.45, 2.75) is 25.6 Å². The summed E-state index contributed by atoms with van der Waals surface area (Å²) < 4.78 is 36.1. The topological polar surface area (TPSA) is 63.4 Å². The predicted octanol–water partition coefficient (Wildman–Crippen LogP) is 3.55. The van der Waals surface area contributed by atoms with Crippen LogP contribution in [-0.2, 0) is 11.3 Å². The number of carbonyl (C=O) groups is 1. The van der Waals surface area contributed by atoms with E-state index in [1.165, 1.54) is 25.2 Å². The molecule has 1 rings (SSSR count). The summed E-state index contributed by atoms with van der Waals surface area (Å²) in [5.74, 6) is -0.713. The van der Waals surface area contributed by atoms with Gasteiger partial charge in [-0.05, 0) is 11.6 Å². The minimum Gasteiger partial charge on any atom is -0.341 e. The Hall–Kier alpha value is -1.83. The molecule has 0 atom stereocenters.